The van der Waals surface area contributed by atoms with Gasteiger partial charge in [-0.25, -0.2) is 9.18 Å². The predicted molar refractivity (Wildman–Crippen MR) is 88.9 cm³/mol. The molecule has 0 radical (unpaired) electrons. The third-order valence-corrected chi connectivity index (χ3v) is 4.77. The summed E-state index contributed by atoms with van der Waals surface area (Å²) < 4.78 is 19.0. The molecule has 25 heavy (non-hydrogen) atoms. The van der Waals surface area contributed by atoms with E-state index in [2.05, 4.69) is 4.90 Å². The van der Waals surface area contributed by atoms with E-state index in [-0.39, 0.29) is 11.8 Å². The maximum atomic E-state index is 14.0. The zero-order valence-corrected chi connectivity index (χ0v) is 13.8. The van der Waals surface area contributed by atoms with Gasteiger partial charge in [0.15, 0.2) is 5.82 Å². The fourth-order valence-electron chi connectivity index (χ4n) is 3.49. The maximum Gasteiger partial charge on any atom is 0.404 e. The van der Waals surface area contributed by atoms with Crippen molar-refractivity contribution in [1.82, 2.24) is 4.90 Å². The molecule has 2 fully saturated rings. The van der Waals surface area contributed by atoms with Crippen molar-refractivity contribution in [3.8, 4) is 0 Å². The molecule has 9 heteroatoms. The second-order valence-electron chi connectivity index (χ2n) is 6.60. The lowest BCUT2D eigenvalue weighted by atomic mass is 9.96. The number of benzene rings is 1. The summed E-state index contributed by atoms with van der Waals surface area (Å²) in [4.78, 5) is 25.0. The lowest BCUT2D eigenvalue weighted by molar-refractivity contribution is -0.385. The van der Waals surface area contributed by atoms with E-state index in [0.29, 0.717) is 11.6 Å². The number of nitro benzene ring substituents is 1. The van der Waals surface area contributed by atoms with E-state index in [1.54, 1.807) is 0 Å². The molecule has 2 saturated heterocycles. The highest BCUT2D eigenvalue weighted by molar-refractivity contribution is 5.64. The molecule has 2 heterocycles. The Bertz CT molecular complexity index is 658. The second-order valence-corrected chi connectivity index (χ2v) is 6.60. The highest BCUT2D eigenvalue weighted by atomic mass is 19.1. The zero-order valence-electron chi connectivity index (χ0n) is 13.8. The number of hydrogen-bond acceptors (Lipinski definition) is 6. The number of nitrogens with zero attached hydrogens (tertiary/aromatic N) is 3. The van der Waals surface area contributed by atoms with Gasteiger partial charge in [-0.1, -0.05) is 0 Å². The van der Waals surface area contributed by atoms with Crippen LogP contribution < -0.4 is 10.6 Å². The van der Waals surface area contributed by atoms with E-state index in [0.717, 1.165) is 51.6 Å². The van der Waals surface area contributed by atoms with Crippen molar-refractivity contribution in [2.24, 2.45) is 11.7 Å². The molecule has 1 amide bonds. The van der Waals surface area contributed by atoms with Crippen LogP contribution in [0.3, 0.4) is 0 Å². The number of carbonyl (C=O) groups excluding carboxylic acids is 1. The maximum absolute atomic E-state index is 14.0. The van der Waals surface area contributed by atoms with E-state index >= 15 is 0 Å². The number of piperidine rings is 1. The van der Waals surface area contributed by atoms with Gasteiger partial charge in [-0.15, -0.1) is 0 Å². The summed E-state index contributed by atoms with van der Waals surface area (Å²) in [6.45, 7) is 4.06. The van der Waals surface area contributed by atoms with Crippen LogP contribution in [0.15, 0.2) is 18.2 Å². The van der Waals surface area contributed by atoms with Crippen molar-refractivity contribution in [3.63, 3.8) is 0 Å². The van der Waals surface area contributed by atoms with Gasteiger partial charge in [-0.2, -0.15) is 0 Å². The highest BCUT2D eigenvalue weighted by Gasteiger charge is 2.32. The Morgan fingerprint density at radius 1 is 1.36 bits per heavy atom. The first kappa shape index (κ1) is 17.4. The Balaban J connectivity index is 1.44. The molecule has 0 spiro atoms. The van der Waals surface area contributed by atoms with E-state index in [9.17, 15) is 19.3 Å². The summed E-state index contributed by atoms with van der Waals surface area (Å²) in [5.74, 6) is -0.125. The molecule has 0 unspecified atom stereocenters. The first-order chi connectivity index (χ1) is 11.9. The number of carbonyl (C=O) groups is 1. The fourth-order valence-corrected chi connectivity index (χ4v) is 3.49. The Morgan fingerprint density at radius 2 is 2.04 bits per heavy atom. The van der Waals surface area contributed by atoms with Crippen LogP contribution in [-0.2, 0) is 4.74 Å². The van der Waals surface area contributed by atoms with Crippen molar-refractivity contribution >= 4 is 17.5 Å². The molecule has 0 saturated carbocycles. The molecule has 1 aromatic carbocycles. The molecule has 2 aliphatic heterocycles. The zero-order chi connectivity index (χ0) is 18.0. The van der Waals surface area contributed by atoms with Gasteiger partial charge in [-0.05, 0) is 18.9 Å². The van der Waals surface area contributed by atoms with Crippen LogP contribution in [0.25, 0.3) is 0 Å². The van der Waals surface area contributed by atoms with Crippen LogP contribution in [-0.4, -0.2) is 54.7 Å². The van der Waals surface area contributed by atoms with Crippen LogP contribution in [0.5, 0.6) is 0 Å². The van der Waals surface area contributed by atoms with Gasteiger partial charge in [0, 0.05) is 44.7 Å². The summed E-state index contributed by atoms with van der Waals surface area (Å²) in [5, 5.41) is 10.7. The van der Waals surface area contributed by atoms with Crippen LogP contribution in [0.1, 0.15) is 12.8 Å². The minimum Gasteiger partial charge on any atom is -0.446 e. The van der Waals surface area contributed by atoms with Gasteiger partial charge in [-0.3, -0.25) is 10.1 Å². The van der Waals surface area contributed by atoms with Crippen molar-refractivity contribution in [3.05, 3.63) is 34.1 Å². The molecule has 3 rings (SSSR count). The number of ether oxygens (including phenoxy) is 1. The fraction of sp³-hybridized carbons (Fsp3) is 0.562. The number of anilines is 1. The van der Waals surface area contributed by atoms with Crippen LogP contribution in [0.2, 0.25) is 0 Å². The molecule has 1 aromatic rings. The Morgan fingerprint density at radius 3 is 2.60 bits per heavy atom. The van der Waals surface area contributed by atoms with Crippen LogP contribution >= 0.6 is 0 Å². The lowest BCUT2D eigenvalue weighted by Gasteiger charge is -2.44. The molecule has 0 atom stereocenters. The number of likely N-dealkylation sites (tertiary alicyclic amines) is 1. The quantitative estimate of drug-likeness (QED) is 0.640. The number of nitro groups is 1. The monoisotopic (exact) mass is 352 g/mol. The molecule has 2 aliphatic rings. The summed E-state index contributed by atoms with van der Waals surface area (Å²) in [6, 6.07) is 3.76. The molecular formula is C16H21FN4O4. The Kier molecular flexibility index (Phi) is 5.03. The van der Waals surface area contributed by atoms with Gasteiger partial charge in [0.25, 0.3) is 5.69 Å². The summed E-state index contributed by atoms with van der Waals surface area (Å²) in [6.07, 6.45) is 0.728. The average Bonchev–Trinajstić information content (AvgIpc) is 2.52. The number of rotatable bonds is 5. The normalized spacial score (nSPS) is 19.5. The van der Waals surface area contributed by atoms with Crippen molar-refractivity contribution in [1.29, 1.82) is 0 Å². The molecule has 2 N–H and O–H groups in total. The first-order valence-corrected chi connectivity index (χ1v) is 8.29. The number of nitrogens with two attached hydrogens (primary N) is 1. The van der Waals surface area contributed by atoms with Crippen LogP contribution in [0.4, 0.5) is 20.6 Å². The summed E-state index contributed by atoms with van der Waals surface area (Å²) in [5.41, 5.74) is 5.21. The van der Waals surface area contributed by atoms with Crippen molar-refractivity contribution < 1.29 is 18.8 Å². The van der Waals surface area contributed by atoms with Gasteiger partial charge < -0.3 is 20.3 Å². The number of primary amides is 1. The topological polar surface area (TPSA) is 102 Å². The highest BCUT2D eigenvalue weighted by Crippen LogP contribution is 2.30. The van der Waals surface area contributed by atoms with Crippen LogP contribution in [0, 0.1) is 21.8 Å². The second kappa shape index (κ2) is 7.22. The number of hydrogen-bond donors (Lipinski definition) is 1. The molecule has 0 aliphatic carbocycles. The Hall–Kier alpha value is -2.42. The summed E-state index contributed by atoms with van der Waals surface area (Å²) >= 11 is 0. The van der Waals surface area contributed by atoms with E-state index in [4.69, 9.17) is 10.5 Å². The van der Waals surface area contributed by atoms with Gasteiger partial charge >= 0.3 is 6.09 Å². The van der Waals surface area contributed by atoms with Gasteiger partial charge in [0.1, 0.15) is 6.10 Å². The third kappa shape index (κ3) is 4.16. The number of amides is 1. The molecule has 8 nitrogen and oxygen atoms in total. The third-order valence-electron chi connectivity index (χ3n) is 4.77. The molecule has 0 aromatic heterocycles. The molecule has 0 bridgehead atoms. The predicted octanol–water partition coefficient (Wildman–Crippen LogP) is 1.73. The largest absolute Gasteiger partial charge is 0.446 e. The number of non-ortho nitro benzene ring substituents is 1. The van der Waals surface area contributed by atoms with E-state index < -0.39 is 16.8 Å². The molecule has 136 valence electrons. The van der Waals surface area contributed by atoms with E-state index in [1.807, 2.05) is 4.90 Å². The van der Waals surface area contributed by atoms with Gasteiger partial charge in [0.05, 0.1) is 16.7 Å². The lowest BCUT2D eigenvalue weighted by Crippen LogP contribution is -2.53. The average molecular weight is 352 g/mol. The number of halogens is 1. The summed E-state index contributed by atoms with van der Waals surface area (Å²) in [7, 11) is 0. The SMILES string of the molecule is NC(=O)OC1CCN(CC2CN(c3ccc([N+](=O)[O-])cc3F)C2)CC1. The Labute approximate surface area is 144 Å². The first-order valence-electron chi connectivity index (χ1n) is 8.29. The minimum atomic E-state index is -0.724. The van der Waals surface area contributed by atoms with E-state index in [1.165, 1.54) is 12.1 Å². The van der Waals surface area contributed by atoms with Gasteiger partial charge in [0.2, 0.25) is 0 Å². The van der Waals surface area contributed by atoms with Crippen molar-refractivity contribution in [2.45, 2.75) is 18.9 Å². The minimum absolute atomic E-state index is 0.0964. The smallest absolute Gasteiger partial charge is 0.404 e. The van der Waals surface area contributed by atoms with Crippen molar-refractivity contribution in [2.75, 3.05) is 37.6 Å². The standard InChI is InChI=1S/C16H21FN4O4/c17-14-7-12(21(23)24)1-2-15(14)20-9-11(10-20)8-19-5-3-13(4-6-19)25-16(18)22/h1-2,7,11,13H,3-6,8-10H2,(H2,18,22). The molecular weight excluding hydrogens is 331 g/mol.